The summed E-state index contributed by atoms with van der Waals surface area (Å²) in [7, 11) is -3.18. The quantitative estimate of drug-likeness (QED) is 0.419. The first-order chi connectivity index (χ1) is 10.5. The Balaban J connectivity index is 3.20. The van der Waals surface area contributed by atoms with Crippen molar-refractivity contribution in [3.63, 3.8) is 0 Å². The van der Waals surface area contributed by atoms with E-state index in [1.807, 2.05) is 0 Å². The predicted molar refractivity (Wildman–Crippen MR) is 94.5 cm³/mol. The van der Waals surface area contributed by atoms with Gasteiger partial charge in [0.2, 0.25) is 10.0 Å². The van der Waals surface area contributed by atoms with Crippen molar-refractivity contribution in [2.45, 2.75) is 96.5 Å². The Morgan fingerprint density at radius 3 is 1.64 bits per heavy atom. The summed E-state index contributed by atoms with van der Waals surface area (Å²) in [6.07, 6.45) is 16.8. The fourth-order valence-corrected chi connectivity index (χ4v) is 3.07. The topological polar surface area (TPSA) is 66.4 Å². The second kappa shape index (κ2) is 14.5. The largest absolute Gasteiger partial charge is 0.392 e. The van der Waals surface area contributed by atoms with Crippen LogP contribution in [0.4, 0.5) is 0 Å². The van der Waals surface area contributed by atoms with Crippen molar-refractivity contribution in [2.75, 3.05) is 12.8 Å². The molecule has 0 bridgehead atoms. The van der Waals surface area contributed by atoms with Crippen LogP contribution in [0.2, 0.25) is 0 Å². The lowest BCUT2D eigenvalue weighted by Gasteiger charge is -2.10. The third-order valence-corrected chi connectivity index (χ3v) is 4.66. The lowest BCUT2D eigenvalue weighted by atomic mass is 10.0. The Kier molecular flexibility index (Phi) is 14.4. The van der Waals surface area contributed by atoms with Crippen LogP contribution in [0.5, 0.6) is 0 Å². The molecule has 5 heteroatoms. The van der Waals surface area contributed by atoms with Gasteiger partial charge in [-0.25, -0.2) is 13.1 Å². The summed E-state index contributed by atoms with van der Waals surface area (Å²) >= 11 is 0. The van der Waals surface area contributed by atoms with Crippen molar-refractivity contribution < 1.29 is 13.5 Å². The van der Waals surface area contributed by atoms with Crippen molar-refractivity contribution in [3.05, 3.63) is 0 Å². The minimum Gasteiger partial charge on any atom is -0.392 e. The van der Waals surface area contributed by atoms with Gasteiger partial charge in [-0.2, -0.15) is 0 Å². The van der Waals surface area contributed by atoms with E-state index in [0.29, 0.717) is 6.42 Å². The number of hydrogen-bond donors (Lipinski definition) is 2. The van der Waals surface area contributed by atoms with E-state index in [4.69, 9.17) is 0 Å². The number of aliphatic hydroxyl groups is 1. The van der Waals surface area contributed by atoms with Gasteiger partial charge in [0.05, 0.1) is 12.4 Å². The van der Waals surface area contributed by atoms with Gasteiger partial charge in [0.15, 0.2) is 0 Å². The van der Waals surface area contributed by atoms with Crippen LogP contribution in [0, 0.1) is 0 Å². The molecule has 0 aromatic carbocycles. The van der Waals surface area contributed by atoms with Gasteiger partial charge >= 0.3 is 0 Å². The van der Waals surface area contributed by atoms with E-state index in [2.05, 4.69) is 11.6 Å². The summed E-state index contributed by atoms with van der Waals surface area (Å²) in [6.45, 7) is 2.39. The first-order valence-electron chi connectivity index (χ1n) is 9.08. The Bertz CT molecular complexity index is 331. The molecular formula is C17H37NO3S. The van der Waals surface area contributed by atoms with Crippen LogP contribution in [0.25, 0.3) is 0 Å². The second-order valence-corrected chi connectivity index (χ2v) is 8.29. The molecule has 0 aliphatic heterocycles. The highest BCUT2D eigenvalue weighted by Gasteiger charge is 2.07. The molecule has 4 nitrogen and oxygen atoms in total. The number of sulfonamides is 1. The first kappa shape index (κ1) is 21.9. The fourth-order valence-electron chi connectivity index (χ4n) is 2.57. The van der Waals surface area contributed by atoms with Crippen molar-refractivity contribution in [1.29, 1.82) is 0 Å². The lowest BCUT2D eigenvalue weighted by Crippen LogP contribution is -2.31. The summed E-state index contributed by atoms with van der Waals surface area (Å²) in [5.41, 5.74) is 0. The number of aliphatic hydroxyl groups excluding tert-OH is 1. The third kappa shape index (κ3) is 17.9. The van der Waals surface area contributed by atoms with Gasteiger partial charge in [0.1, 0.15) is 0 Å². The summed E-state index contributed by atoms with van der Waals surface area (Å²) < 4.78 is 24.1. The second-order valence-electron chi connectivity index (χ2n) is 6.45. The van der Waals surface area contributed by atoms with E-state index in [-0.39, 0.29) is 6.54 Å². The molecule has 0 heterocycles. The van der Waals surface area contributed by atoms with Gasteiger partial charge in [0, 0.05) is 6.54 Å². The number of nitrogens with one attached hydrogen (secondary N) is 1. The maximum Gasteiger partial charge on any atom is 0.208 e. The van der Waals surface area contributed by atoms with Crippen LogP contribution in [0.1, 0.15) is 90.4 Å². The Hall–Kier alpha value is -0.130. The number of rotatable bonds is 16. The predicted octanol–water partition coefficient (Wildman–Crippen LogP) is 3.99. The summed E-state index contributed by atoms with van der Waals surface area (Å²) in [5, 5.41) is 9.65. The molecule has 0 aromatic heterocycles. The molecule has 0 aliphatic rings. The maximum absolute atomic E-state index is 10.9. The molecule has 0 aromatic rings. The van der Waals surface area contributed by atoms with Crippen LogP contribution < -0.4 is 4.72 Å². The molecule has 0 rings (SSSR count). The van der Waals surface area contributed by atoms with Gasteiger partial charge in [-0.3, -0.25) is 0 Å². The Labute approximate surface area is 138 Å². The minimum absolute atomic E-state index is 0.136. The van der Waals surface area contributed by atoms with Crippen LogP contribution in [0.3, 0.4) is 0 Å². The third-order valence-electron chi connectivity index (χ3n) is 3.97. The minimum atomic E-state index is -3.18. The van der Waals surface area contributed by atoms with E-state index < -0.39 is 16.1 Å². The van der Waals surface area contributed by atoms with Gasteiger partial charge in [0.25, 0.3) is 0 Å². The molecule has 0 amide bonds. The van der Waals surface area contributed by atoms with E-state index in [9.17, 15) is 13.5 Å². The molecule has 0 saturated carbocycles. The van der Waals surface area contributed by atoms with Crippen molar-refractivity contribution >= 4 is 10.0 Å². The lowest BCUT2D eigenvalue weighted by molar-refractivity contribution is 0.164. The standard InChI is InChI=1S/C17H37NO3S/c1-3-4-5-6-7-8-9-10-11-12-13-14-15-17(19)16-18-22(2,20)21/h17-19H,3-16H2,1-2H3. The zero-order valence-electron chi connectivity index (χ0n) is 14.6. The number of unbranched alkanes of at least 4 members (excludes halogenated alkanes) is 11. The normalized spacial score (nSPS) is 13.4. The molecular weight excluding hydrogens is 298 g/mol. The van der Waals surface area contributed by atoms with Crippen LogP contribution in [0.15, 0.2) is 0 Å². The van der Waals surface area contributed by atoms with E-state index in [1.165, 1.54) is 64.2 Å². The fraction of sp³-hybridized carbons (Fsp3) is 1.00. The van der Waals surface area contributed by atoms with Crippen LogP contribution in [-0.4, -0.2) is 32.4 Å². The van der Waals surface area contributed by atoms with Gasteiger partial charge in [-0.15, -0.1) is 0 Å². The molecule has 0 radical (unpaired) electrons. The van der Waals surface area contributed by atoms with Crippen molar-refractivity contribution in [1.82, 2.24) is 4.72 Å². The van der Waals surface area contributed by atoms with Gasteiger partial charge in [-0.1, -0.05) is 84.0 Å². The van der Waals surface area contributed by atoms with Crippen LogP contribution in [-0.2, 0) is 10.0 Å². The molecule has 1 unspecified atom stereocenters. The van der Waals surface area contributed by atoms with Gasteiger partial charge in [-0.05, 0) is 6.42 Å². The molecule has 0 fully saturated rings. The summed E-state index contributed by atoms with van der Waals surface area (Å²) in [6, 6.07) is 0. The van der Waals surface area contributed by atoms with Gasteiger partial charge < -0.3 is 5.11 Å². The number of hydrogen-bond acceptors (Lipinski definition) is 3. The zero-order chi connectivity index (χ0) is 16.7. The van der Waals surface area contributed by atoms with E-state index >= 15 is 0 Å². The molecule has 0 saturated heterocycles. The highest BCUT2D eigenvalue weighted by molar-refractivity contribution is 7.88. The van der Waals surface area contributed by atoms with E-state index in [1.54, 1.807) is 0 Å². The maximum atomic E-state index is 10.9. The smallest absolute Gasteiger partial charge is 0.208 e. The molecule has 134 valence electrons. The molecule has 1 atom stereocenters. The van der Waals surface area contributed by atoms with Crippen molar-refractivity contribution in [3.8, 4) is 0 Å². The Morgan fingerprint density at radius 2 is 1.23 bits per heavy atom. The van der Waals surface area contributed by atoms with Crippen molar-refractivity contribution in [2.24, 2.45) is 0 Å². The molecule has 0 spiro atoms. The molecule has 0 aliphatic carbocycles. The molecule has 2 N–H and O–H groups in total. The van der Waals surface area contributed by atoms with E-state index in [0.717, 1.165) is 19.1 Å². The average molecular weight is 336 g/mol. The Morgan fingerprint density at radius 1 is 0.818 bits per heavy atom. The highest BCUT2D eigenvalue weighted by atomic mass is 32.2. The monoisotopic (exact) mass is 335 g/mol. The SMILES string of the molecule is CCCCCCCCCCCCCCC(O)CNS(C)(=O)=O. The summed E-state index contributed by atoms with van der Waals surface area (Å²) in [4.78, 5) is 0. The highest BCUT2D eigenvalue weighted by Crippen LogP contribution is 2.12. The first-order valence-corrected chi connectivity index (χ1v) is 11.0. The summed E-state index contributed by atoms with van der Waals surface area (Å²) in [5.74, 6) is 0. The molecule has 22 heavy (non-hydrogen) atoms. The average Bonchev–Trinajstić information content (AvgIpc) is 2.45. The zero-order valence-corrected chi connectivity index (χ0v) is 15.5. The van der Waals surface area contributed by atoms with Crippen LogP contribution >= 0.6 is 0 Å².